The van der Waals surface area contributed by atoms with Crippen molar-refractivity contribution >= 4 is 29.2 Å². The summed E-state index contributed by atoms with van der Waals surface area (Å²) in [5.41, 5.74) is 1.98. The SMILES string of the molecule is COCCCNC(=O)CN1CN(c2ccccc2)C2(CCN(C(=O)Nc3cccc(C)c3)CC2)C1=O. The Labute approximate surface area is 212 Å². The van der Waals surface area contributed by atoms with Crippen molar-refractivity contribution in [2.24, 2.45) is 0 Å². The van der Waals surface area contributed by atoms with Crippen molar-refractivity contribution in [1.82, 2.24) is 15.1 Å². The molecule has 36 heavy (non-hydrogen) atoms. The third kappa shape index (κ3) is 5.62. The lowest BCUT2D eigenvalue weighted by Crippen LogP contribution is -2.58. The van der Waals surface area contributed by atoms with Crippen LogP contribution in [0, 0.1) is 6.92 Å². The fraction of sp³-hybridized carbons (Fsp3) is 0.444. The lowest BCUT2D eigenvalue weighted by atomic mass is 9.85. The van der Waals surface area contributed by atoms with Crippen molar-refractivity contribution in [3.63, 3.8) is 0 Å². The number of para-hydroxylation sites is 1. The van der Waals surface area contributed by atoms with Crippen LogP contribution >= 0.6 is 0 Å². The molecule has 0 atom stereocenters. The number of nitrogens with zero attached hydrogens (tertiary/aromatic N) is 3. The van der Waals surface area contributed by atoms with Crippen LogP contribution < -0.4 is 15.5 Å². The van der Waals surface area contributed by atoms with E-state index in [-0.39, 0.29) is 24.4 Å². The Kier molecular flexibility index (Phi) is 8.10. The van der Waals surface area contributed by atoms with E-state index in [4.69, 9.17) is 4.74 Å². The molecular weight excluding hydrogens is 458 g/mol. The molecule has 2 aliphatic heterocycles. The van der Waals surface area contributed by atoms with Gasteiger partial charge in [0.05, 0.1) is 6.67 Å². The highest BCUT2D eigenvalue weighted by Crippen LogP contribution is 2.39. The maximum Gasteiger partial charge on any atom is 0.321 e. The number of benzene rings is 2. The van der Waals surface area contributed by atoms with Gasteiger partial charge in [0.2, 0.25) is 5.91 Å². The van der Waals surface area contributed by atoms with Gasteiger partial charge in [-0.2, -0.15) is 0 Å². The molecule has 0 aromatic heterocycles. The van der Waals surface area contributed by atoms with E-state index in [0.29, 0.717) is 45.8 Å². The topological polar surface area (TPSA) is 94.2 Å². The molecule has 0 saturated carbocycles. The number of anilines is 2. The van der Waals surface area contributed by atoms with Crippen LogP contribution in [0.2, 0.25) is 0 Å². The minimum absolute atomic E-state index is 0.00839. The molecule has 4 amide bonds. The van der Waals surface area contributed by atoms with Crippen LogP contribution in [0.3, 0.4) is 0 Å². The van der Waals surface area contributed by atoms with E-state index in [9.17, 15) is 14.4 Å². The number of urea groups is 1. The summed E-state index contributed by atoms with van der Waals surface area (Å²) in [5.74, 6) is -0.239. The van der Waals surface area contributed by atoms with Crippen molar-refractivity contribution in [3.05, 3.63) is 60.2 Å². The highest BCUT2D eigenvalue weighted by Gasteiger charge is 2.54. The summed E-state index contributed by atoms with van der Waals surface area (Å²) in [4.78, 5) is 44.7. The Bertz CT molecular complexity index is 1070. The van der Waals surface area contributed by atoms with E-state index in [1.807, 2.05) is 61.5 Å². The smallest absolute Gasteiger partial charge is 0.321 e. The van der Waals surface area contributed by atoms with Gasteiger partial charge < -0.3 is 30.1 Å². The highest BCUT2D eigenvalue weighted by atomic mass is 16.5. The van der Waals surface area contributed by atoms with Gasteiger partial charge in [-0.15, -0.1) is 0 Å². The number of hydrogen-bond acceptors (Lipinski definition) is 5. The van der Waals surface area contributed by atoms with Crippen molar-refractivity contribution in [3.8, 4) is 0 Å². The number of nitrogens with one attached hydrogen (secondary N) is 2. The fourth-order valence-electron chi connectivity index (χ4n) is 5.00. The molecule has 2 fully saturated rings. The van der Waals surface area contributed by atoms with Gasteiger partial charge in [-0.05, 0) is 56.0 Å². The summed E-state index contributed by atoms with van der Waals surface area (Å²) >= 11 is 0. The van der Waals surface area contributed by atoms with Gasteiger partial charge in [0.25, 0.3) is 5.91 Å². The molecule has 1 spiro atoms. The van der Waals surface area contributed by atoms with Crippen molar-refractivity contribution in [2.45, 2.75) is 31.7 Å². The fourth-order valence-corrected chi connectivity index (χ4v) is 5.00. The summed E-state index contributed by atoms with van der Waals surface area (Å²) in [6, 6.07) is 17.3. The number of likely N-dealkylation sites (tertiary alicyclic amines) is 1. The zero-order valence-corrected chi connectivity index (χ0v) is 21.0. The normalized spacial score (nSPS) is 16.9. The molecule has 0 unspecified atom stereocenters. The maximum atomic E-state index is 13.7. The molecule has 2 aromatic carbocycles. The number of piperidine rings is 1. The zero-order valence-electron chi connectivity index (χ0n) is 21.0. The molecule has 2 N–H and O–H groups in total. The second-order valence-corrected chi connectivity index (χ2v) is 9.42. The number of carbonyl (C=O) groups is 3. The van der Waals surface area contributed by atoms with Gasteiger partial charge in [0.15, 0.2) is 0 Å². The number of amides is 4. The number of methoxy groups -OCH3 is 1. The summed E-state index contributed by atoms with van der Waals surface area (Å²) in [6.45, 7) is 4.30. The summed E-state index contributed by atoms with van der Waals surface area (Å²) in [7, 11) is 1.62. The number of carbonyl (C=O) groups excluding carboxylic acids is 3. The van der Waals surface area contributed by atoms with E-state index in [2.05, 4.69) is 15.5 Å². The number of rotatable bonds is 8. The predicted octanol–water partition coefficient (Wildman–Crippen LogP) is 2.82. The molecule has 2 heterocycles. The van der Waals surface area contributed by atoms with Crippen LogP contribution in [0.25, 0.3) is 0 Å². The van der Waals surface area contributed by atoms with E-state index < -0.39 is 5.54 Å². The van der Waals surface area contributed by atoms with E-state index in [0.717, 1.165) is 23.4 Å². The molecule has 0 aliphatic carbocycles. The molecule has 4 rings (SSSR count). The molecule has 9 nitrogen and oxygen atoms in total. The standard InChI is InChI=1S/C27H35N5O4/c1-21-8-6-9-22(18-21)29-26(35)30-15-12-27(13-16-30)25(34)31(19-24(33)28-14-7-17-36-2)20-32(27)23-10-4-3-5-11-23/h3-6,8-11,18H,7,12-17,19-20H2,1-2H3,(H,28,33)(H,29,35). The zero-order chi connectivity index (χ0) is 25.5. The van der Waals surface area contributed by atoms with Crippen LogP contribution in [0.4, 0.5) is 16.2 Å². The summed E-state index contributed by atoms with van der Waals surface area (Å²) in [5, 5.41) is 5.83. The molecule has 0 radical (unpaired) electrons. The van der Waals surface area contributed by atoms with Gasteiger partial charge in [0, 0.05) is 44.7 Å². The Balaban J connectivity index is 1.45. The van der Waals surface area contributed by atoms with Gasteiger partial charge in [-0.3, -0.25) is 9.59 Å². The molecule has 2 aliphatic rings. The lowest BCUT2D eigenvalue weighted by molar-refractivity contribution is -0.137. The third-order valence-corrected chi connectivity index (χ3v) is 6.91. The first-order chi connectivity index (χ1) is 17.4. The number of aryl methyl sites for hydroxylation is 1. The first-order valence-electron chi connectivity index (χ1n) is 12.4. The van der Waals surface area contributed by atoms with E-state index in [1.54, 1.807) is 16.9 Å². The minimum atomic E-state index is -0.780. The Morgan fingerprint density at radius 1 is 1.06 bits per heavy atom. The molecular formula is C27H35N5O4. The van der Waals surface area contributed by atoms with Gasteiger partial charge in [-0.1, -0.05) is 30.3 Å². The maximum absolute atomic E-state index is 13.7. The largest absolute Gasteiger partial charge is 0.385 e. The third-order valence-electron chi connectivity index (χ3n) is 6.91. The van der Waals surface area contributed by atoms with E-state index in [1.165, 1.54) is 0 Å². The quantitative estimate of drug-likeness (QED) is 0.552. The molecule has 9 heteroatoms. The van der Waals surface area contributed by atoms with Gasteiger partial charge >= 0.3 is 6.03 Å². The predicted molar refractivity (Wildman–Crippen MR) is 139 cm³/mol. The number of hydrogen-bond donors (Lipinski definition) is 2. The van der Waals surface area contributed by atoms with Crippen molar-refractivity contribution < 1.29 is 19.1 Å². The van der Waals surface area contributed by atoms with Crippen molar-refractivity contribution in [1.29, 1.82) is 0 Å². The van der Waals surface area contributed by atoms with Crippen LogP contribution in [-0.2, 0) is 14.3 Å². The van der Waals surface area contributed by atoms with Gasteiger partial charge in [-0.25, -0.2) is 4.79 Å². The average molecular weight is 494 g/mol. The second-order valence-electron chi connectivity index (χ2n) is 9.42. The Morgan fingerprint density at radius 2 is 1.81 bits per heavy atom. The summed E-state index contributed by atoms with van der Waals surface area (Å²) in [6.07, 6.45) is 1.71. The highest BCUT2D eigenvalue weighted by molar-refractivity contribution is 5.97. The minimum Gasteiger partial charge on any atom is -0.385 e. The lowest BCUT2D eigenvalue weighted by Gasteiger charge is -2.43. The molecule has 192 valence electrons. The first kappa shape index (κ1) is 25.5. The number of ether oxygens (including phenoxy) is 1. The van der Waals surface area contributed by atoms with Crippen molar-refractivity contribution in [2.75, 3.05) is 56.8 Å². The van der Waals surface area contributed by atoms with E-state index >= 15 is 0 Å². The molecule has 2 saturated heterocycles. The molecule has 0 bridgehead atoms. The van der Waals surface area contributed by atoms with Crippen LogP contribution in [0.5, 0.6) is 0 Å². The van der Waals surface area contributed by atoms with Crippen LogP contribution in [0.15, 0.2) is 54.6 Å². The Morgan fingerprint density at radius 3 is 2.50 bits per heavy atom. The average Bonchev–Trinajstić information content (AvgIpc) is 3.13. The first-order valence-corrected chi connectivity index (χ1v) is 12.4. The Hall–Kier alpha value is -3.59. The summed E-state index contributed by atoms with van der Waals surface area (Å²) < 4.78 is 5.02. The van der Waals surface area contributed by atoms with Gasteiger partial charge in [0.1, 0.15) is 12.1 Å². The van der Waals surface area contributed by atoms with Crippen LogP contribution in [0.1, 0.15) is 24.8 Å². The second kappa shape index (κ2) is 11.4. The van der Waals surface area contributed by atoms with Crippen LogP contribution in [-0.4, -0.2) is 79.7 Å². The molecule has 2 aromatic rings. The monoisotopic (exact) mass is 493 g/mol.